The maximum atomic E-state index is 14.6. The number of aliphatic imine (C=N–C) groups is 1. The molecule has 3 aromatic carbocycles. The van der Waals surface area contributed by atoms with Gasteiger partial charge in [0.15, 0.2) is 22.9 Å². The Hall–Kier alpha value is -6.85. The molecule has 3 unspecified atom stereocenters. The third-order valence-corrected chi connectivity index (χ3v) is 13.7. The van der Waals surface area contributed by atoms with Gasteiger partial charge in [-0.3, -0.25) is 5.21 Å². The molecule has 0 radical (unpaired) electrons. The number of fused-ring (bicyclic) bond motifs is 6. The first kappa shape index (κ1) is 58.8. The van der Waals surface area contributed by atoms with Crippen LogP contribution in [0.3, 0.4) is 0 Å². The smallest absolute Gasteiger partial charge is 0.377 e. The lowest BCUT2D eigenvalue weighted by atomic mass is 9.70. The molecule has 3 atom stereocenters. The van der Waals surface area contributed by atoms with Crippen LogP contribution < -0.4 is 10.6 Å². The minimum absolute atomic E-state index is 0.00205. The molecule has 0 saturated heterocycles. The average molecular weight is 1220 g/mol. The number of nitrogens with zero attached hydrogens (tertiary/aromatic N) is 7. The quantitative estimate of drug-likeness (QED) is 0.0977. The summed E-state index contributed by atoms with van der Waals surface area (Å²) in [6.45, 7) is 29.6. The lowest BCUT2D eigenvalue weighted by molar-refractivity contribution is -0.196. The zero-order valence-corrected chi connectivity index (χ0v) is 45.2. The third-order valence-electron chi connectivity index (χ3n) is 12.9. The standard InChI is InChI=1S/C18H15BrF3N3O2.C18H15BrF3N3O.C18H16F3N3O/c1-10(2)27-9-17(18(20,21)22)13-7-12(23-3)4-5-15(13)24-16-14(17)6-11(19)8-25(16)26;1-10(2)26-9-17(18(20,21)22)13-7-12(23-3)4-5-15(13)25-16-14(17)6-11(19)8-24-16;1-11(2)25-10-17(18(19,20)21)13-5-4-8-23-16(13)24-15-7-6-12(22-3)9-14(15)17/h4-8,10,26H,9H2,1-2H3;4-8,10H,9H2,1-2H3,(H,24,25);4-9,11H,10H2,1-2H3,(H,23,24). The molecule has 9 rings (SSSR count). The molecule has 24 heteroatoms. The van der Waals surface area contributed by atoms with Gasteiger partial charge in [0.2, 0.25) is 0 Å². The fourth-order valence-corrected chi connectivity index (χ4v) is 9.90. The molecule has 3 N–H and O–H groups in total. The summed E-state index contributed by atoms with van der Waals surface area (Å²) in [7, 11) is 0. The largest absolute Gasteiger partial charge is 0.404 e. The summed E-state index contributed by atoms with van der Waals surface area (Å²) >= 11 is 6.34. The fourth-order valence-electron chi connectivity index (χ4n) is 9.15. The number of hydroxylamine groups is 2. The van der Waals surface area contributed by atoms with Gasteiger partial charge < -0.3 is 24.8 Å². The van der Waals surface area contributed by atoms with Gasteiger partial charge in [-0.05, 0) is 145 Å². The number of halogens is 11. The normalized spacial score (nSPS) is 19.8. The first-order chi connectivity index (χ1) is 36.6. The number of rotatable bonds is 9. The summed E-state index contributed by atoms with van der Waals surface area (Å²) in [6, 6.07) is 16.7. The molecule has 0 saturated carbocycles. The van der Waals surface area contributed by atoms with Crippen molar-refractivity contribution in [2.24, 2.45) is 4.99 Å². The molecule has 408 valence electrons. The van der Waals surface area contributed by atoms with E-state index in [2.05, 4.69) is 72.0 Å². The summed E-state index contributed by atoms with van der Waals surface area (Å²) in [6.07, 6.45) is -9.90. The molecule has 78 heavy (non-hydrogen) atoms. The zero-order valence-electron chi connectivity index (χ0n) is 42.1. The van der Waals surface area contributed by atoms with Gasteiger partial charge in [0.05, 0.1) is 63.5 Å². The second-order valence-corrected chi connectivity index (χ2v) is 20.7. The number of hydrogen-bond donors (Lipinski definition) is 3. The average Bonchev–Trinajstić information content (AvgIpc) is 3.37. The maximum absolute atomic E-state index is 14.6. The lowest BCUT2D eigenvalue weighted by Gasteiger charge is -2.43. The zero-order chi connectivity index (χ0) is 57.3. The monoisotopic (exact) mass is 1210 g/mol. The number of anilines is 4. The van der Waals surface area contributed by atoms with E-state index >= 15 is 0 Å². The lowest BCUT2D eigenvalue weighted by Crippen LogP contribution is -2.53. The van der Waals surface area contributed by atoms with Crippen molar-refractivity contribution in [3.05, 3.63) is 174 Å². The predicted molar refractivity (Wildman–Crippen MR) is 281 cm³/mol. The molecule has 0 amide bonds. The van der Waals surface area contributed by atoms with E-state index in [9.17, 15) is 44.7 Å². The van der Waals surface area contributed by atoms with Crippen molar-refractivity contribution in [3.63, 3.8) is 0 Å². The Morgan fingerprint density at radius 3 is 1.53 bits per heavy atom. The van der Waals surface area contributed by atoms with Crippen LogP contribution >= 0.6 is 31.9 Å². The highest BCUT2D eigenvalue weighted by Crippen LogP contribution is 2.58. The van der Waals surface area contributed by atoms with Gasteiger partial charge in [0.1, 0.15) is 27.9 Å². The van der Waals surface area contributed by atoms with E-state index in [1.54, 1.807) is 41.5 Å². The highest BCUT2D eigenvalue weighted by Gasteiger charge is 2.64. The number of amidine groups is 1. The fraction of sp³-hybridized carbons (Fsp3) is 0.333. The molecule has 5 aromatic rings. The van der Waals surface area contributed by atoms with E-state index in [0.29, 0.717) is 9.54 Å². The molecule has 6 heterocycles. The molecule has 4 aliphatic rings. The van der Waals surface area contributed by atoms with Crippen LogP contribution in [0.4, 0.5) is 85.3 Å². The Labute approximate surface area is 459 Å². The second-order valence-electron chi connectivity index (χ2n) is 18.8. The number of aromatic nitrogens is 2. The van der Waals surface area contributed by atoms with Crippen LogP contribution in [-0.4, -0.2) is 82.7 Å². The van der Waals surface area contributed by atoms with Crippen LogP contribution in [0.1, 0.15) is 69.4 Å². The summed E-state index contributed by atoms with van der Waals surface area (Å²) in [4.78, 5) is 22.2. The van der Waals surface area contributed by atoms with Gasteiger partial charge in [-0.25, -0.2) is 34.6 Å². The molecular weight excluding hydrogens is 1170 g/mol. The van der Waals surface area contributed by atoms with Gasteiger partial charge in [0.25, 0.3) is 0 Å². The summed E-state index contributed by atoms with van der Waals surface area (Å²) in [5.74, 6) is 0.0436. The Balaban J connectivity index is 0.000000170. The van der Waals surface area contributed by atoms with E-state index in [-0.39, 0.29) is 102 Å². The highest BCUT2D eigenvalue weighted by atomic mass is 79.9. The Bertz CT molecular complexity index is 3340. The van der Waals surface area contributed by atoms with Crippen LogP contribution in [0.25, 0.3) is 14.5 Å². The first-order valence-electron chi connectivity index (χ1n) is 23.5. The number of nitrogens with one attached hydrogen (secondary N) is 2. The van der Waals surface area contributed by atoms with Crippen molar-refractivity contribution in [3.8, 4) is 0 Å². The van der Waals surface area contributed by atoms with Crippen LogP contribution in [-0.2, 0) is 30.5 Å². The first-order valence-corrected chi connectivity index (χ1v) is 25.1. The number of ether oxygens (including phenoxy) is 3. The van der Waals surface area contributed by atoms with Crippen LogP contribution in [0.5, 0.6) is 0 Å². The van der Waals surface area contributed by atoms with Crippen molar-refractivity contribution in [1.29, 1.82) is 0 Å². The molecule has 13 nitrogen and oxygen atoms in total. The topological polar surface area (TPSA) is 126 Å². The minimum Gasteiger partial charge on any atom is -0.377 e. The van der Waals surface area contributed by atoms with Crippen LogP contribution in [0.15, 0.2) is 117 Å². The molecule has 0 spiro atoms. The van der Waals surface area contributed by atoms with Gasteiger partial charge >= 0.3 is 18.5 Å². The van der Waals surface area contributed by atoms with Crippen molar-refractivity contribution >= 4 is 83.5 Å². The number of hydrogen-bond acceptors (Lipinski definition) is 10. The van der Waals surface area contributed by atoms with Crippen molar-refractivity contribution in [1.82, 2.24) is 15.0 Å². The van der Waals surface area contributed by atoms with E-state index in [0.717, 1.165) is 0 Å². The van der Waals surface area contributed by atoms with Gasteiger partial charge in [-0.2, -0.15) is 39.5 Å². The van der Waals surface area contributed by atoms with E-state index in [4.69, 9.17) is 33.9 Å². The van der Waals surface area contributed by atoms with Gasteiger partial charge in [-0.15, -0.1) is 0 Å². The molecular formula is C54H46Br2F9N9O4. The van der Waals surface area contributed by atoms with Gasteiger partial charge in [0, 0.05) is 55.6 Å². The van der Waals surface area contributed by atoms with E-state index in [1.165, 1.54) is 97.5 Å². The minimum atomic E-state index is -4.77. The Kier molecular flexibility index (Phi) is 17.0. The molecule has 0 aliphatic carbocycles. The highest BCUT2D eigenvalue weighted by molar-refractivity contribution is 9.12. The summed E-state index contributed by atoms with van der Waals surface area (Å²) in [5.41, 5.74) is -6.98. The molecule has 0 bridgehead atoms. The van der Waals surface area contributed by atoms with E-state index < -0.39 is 60.7 Å². The van der Waals surface area contributed by atoms with Crippen molar-refractivity contribution in [2.45, 2.75) is 94.6 Å². The third kappa shape index (κ3) is 11.0. The van der Waals surface area contributed by atoms with Crippen LogP contribution in [0, 0.1) is 19.7 Å². The van der Waals surface area contributed by atoms with Crippen LogP contribution in [0.2, 0.25) is 0 Å². The number of benzene rings is 3. The summed E-state index contributed by atoms with van der Waals surface area (Å²) in [5, 5.41) is 16.6. The summed E-state index contributed by atoms with van der Waals surface area (Å²) < 4.78 is 148. The Morgan fingerprint density at radius 2 is 1.05 bits per heavy atom. The Morgan fingerprint density at radius 1 is 0.603 bits per heavy atom. The molecule has 0 fully saturated rings. The van der Waals surface area contributed by atoms with Crippen molar-refractivity contribution < 1.29 is 58.9 Å². The molecule has 4 aliphatic heterocycles. The SMILES string of the molecule is [C-]#[N+]c1ccc2c(c1)C(COC(C)C)(C(F)(F)F)C1=CC(Br)=CN(O)C1=N2.[C-]#[N+]c1ccc2c(c1)C(COC(C)C)(C(F)(F)F)c1cc(Br)cnc1N2.[C-]#[N+]c1ccc2c(c1)C(COC(C)C)(C(F)(F)F)c1cccnc1N2. The number of pyridine rings is 2. The van der Waals surface area contributed by atoms with Gasteiger partial charge in [-0.1, -0.05) is 24.3 Å². The second kappa shape index (κ2) is 22.5. The molecule has 2 aromatic heterocycles. The predicted octanol–water partition coefficient (Wildman–Crippen LogP) is 16.1. The number of alkyl halides is 9. The van der Waals surface area contributed by atoms with Crippen molar-refractivity contribution in [2.75, 3.05) is 30.5 Å². The van der Waals surface area contributed by atoms with E-state index in [1.807, 2.05) is 0 Å². The number of allylic oxidation sites excluding steroid dienone is 2. The maximum Gasteiger partial charge on any atom is 0.404 e.